The molecule has 0 saturated carbocycles. The van der Waals surface area contributed by atoms with Gasteiger partial charge in [0.15, 0.2) is 0 Å². The summed E-state index contributed by atoms with van der Waals surface area (Å²) in [7, 11) is 3.20. The first-order valence-electron chi connectivity index (χ1n) is 9.92. The van der Waals surface area contributed by atoms with Gasteiger partial charge in [-0.15, -0.1) is 0 Å². The van der Waals surface area contributed by atoms with Crippen LogP contribution in [-0.4, -0.2) is 50.6 Å². The largest absolute Gasteiger partial charge is 0.497 e. The van der Waals surface area contributed by atoms with Gasteiger partial charge >= 0.3 is 0 Å². The summed E-state index contributed by atoms with van der Waals surface area (Å²) in [5, 5.41) is 2.99. The maximum atomic E-state index is 13.1. The minimum atomic E-state index is -0.287. The van der Waals surface area contributed by atoms with E-state index in [1.807, 2.05) is 37.3 Å². The van der Waals surface area contributed by atoms with Gasteiger partial charge in [0, 0.05) is 31.1 Å². The summed E-state index contributed by atoms with van der Waals surface area (Å²) >= 11 is 0. The number of methoxy groups -OCH3 is 2. The van der Waals surface area contributed by atoms with Crippen molar-refractivity contribution >= 4 is 11.8 Å². The Labute approximate surface area is 171 Å². The van der Waals surface area contributed by atoms with Crippen LogP contribution in [0.4, 0.5) is 0 Å². The zero-order valence-corrected chi connectivity index (χ0v) is 17.2. The van der Waals surface area contributed by atoms with Crippen molar-refractivity contribution in [2.24, 2.45) is 5.92 Å². The van der Waals surface area contributed by atoms with Crippen LogP contribution in [-0.2, 0) is 4.79 Å². The number of nitrogens with zero attached hydrogens (tertiary/aromatic N) is 1. The molecule has 1 fully saturated rings. The van der Waals surface area contributed by atoms with E-state index in [1.165, 1.54) is 0 Å². The van der Waals surface area contributed by atoms with E-state index < -0.39 is 0 Å². The number of ether oxygens (including phenoxy) is 2. The minimum Gasteiger partial charge on any atom is -0.497 e. The molecule has 1 heterocycles. The van der Waals surface area contributed by atoms with Gasteiger partial charge in [-0.3, -0.25) is 9.59 Å². The monoisotopic (exact) mass is 396 g/mol. The fourth-order valence-corrected chi connectivity index (χ4v) is 3.74. The molecule has 29 heavy (non-hydrogen) atoms. The Morgan fingerprint density at radius 2 is 1.76 bits per heavy atom. The summed E-state index contributed by atoms with van der Waals surface area (Å²) in [5.41, 5.74) is 1.59. The second kappa shape index (κ2) is 9.45. The molecule has 3 rings (SSSR count). The number of rotatable bonds is 7. The van der Waals surface area contributed by atoms with Crippen LogP contribution in [0.5, 0.6) is 11.5 Å². The summed E-state index contributed by atoms with van der Waals surface area (Å²) in [4.78, 5) is 27.7. The average molecular weight is 396 g/mol. The van der Waals surface area contributed by atoms with Gasteiger partial charge in [0.05, 0.1) is 20.1 Å². The number of nitrogens with one attached hydrogen (secondary N) is 1. The fraction of sp³-hybridized carbons (Fsp3) is 0.391. The van der Waals surface area contributed by atoms with Gasteiger partial charge < -0.3 is 19.7 Å². The molecule has 1 aliphatic heterocycles. The Bertz CT molecular complexity index is 850. The minimum absolute atomic E-state index is 0.00592. The molecule has 2 aromatic carbocycles. The summed E-state index contributed by atoms with van der Waals surface area (Å²) in [6.07, 6.45) is 0.873. The Morgan fingerprint density at radius 1 is 1.03 bits per heavy atom. The molecular weight excluding hydrogens is 368 g/mol. The standard InChI is InChI=1S/C23H28N2O4/c1-4-12-24-22(26)21-15-25(23(27)17-6-5-7-19(13-17)29-3)14-20(21)16-8-10-18(28-2)11-9-16/h5-11,13,20-21H,4,12,14-15H2,1-3H3,(H,24,26). The van der Waals surface area contributed by atoms with Crippen molar-refractivity contribution in [2.45, 2.75) is 19.3 Å². The highest BCUT2D eigenvalue weighted by atomic mass is 16.5. The van der Waals surface area contributed by atoms with Crippen LogP contribution in [0.2, 0.25) is 0 Å². The zero-order chi connectivity index (χ0) is 20.8. The third-order valence-corrected chi connectivity index (χ3v) is 5.35. The van der Waals surface area contributed by atoms with E-state index in [4.69, 9.17) is 9.47 Å². The van der Waals surface area contributed by atoms with Gasteiger partial charge in [-0.1, -0.05) is 25.1 Å². The molecule has 1 N–H and O–H groups in total. The molecule has 6 heteroatoms. The Balaban J connectivity index is 1.84. The van der Waals surface area contributed by atoms with Crippen LogP contribution in [0.1, 0.15) is 35.2 Å². The summed E-state index contributed by atoms with van der Waals surface area (Å²) in [6, 6.07) is 14.8. The van der Waals surface area contributed by atoms with E-state index in [9.17, 15) is 9.59 Å². The molecular formula is C23H28N2O4. The molecule has 0 aromatic heterocycles. The number of hydrogen-bond acceptors (Lipinski definition) is 4. The zero-order valence-electron chi connectivity index (χ0n) is 17.2. The SMILES string of the molecule is CCCNC(=O)C1CN(C(=O)c2cccc(OC)c2)CC1c1ccc(OC)cc1. The second-order valence-electron chi connectivity index (χ2n) is 7.22. The number of carbonyl (C=O) groups is 2. The normalized spacial score (nSPS) is 18.4. The van der Waals surface area contributed by atoms with Crippen LogP contribution >= 0.6 is 0 Å². The molecule has 0 radical (unpaired) electrons. The first-order chi connectivity index (χ1) is 14.1. The van der Waals surface area contributed by atoms with Crippen LogP contribution < -0.4 is 14.8 Å². The predicted molar refractivity (Wildman–Crippen MR) is 111 cm³/mol. The number of carbonyl (C=O) groups excluding carboxylic acids is 2. The lowest BCUT2D eigenvalue weighted by molar-refractivity contribution is -0.124. The lowest BCUT2D eigenvalue weighted by atomic mass is 9.88. The van der Waals surface area contributed by atoms with Crippen molar-refractivity contribution in [1.82, 2.24) is 10.2 Å². The van der Waals surface area contributed by atoms with E-state index in [2.05, 4.69) is 5.32 Å². The maximum absolute atomic E-state index is 13.1. The summed E-state index contributed by atoms with van der Waals surface area (Å²) < 4.78 is 10.5. The smallest absolute Gasteiger partial charge is 0.254 e. The molecule has 1 aliphatic rings. The highest BCUT2D eigenvalue weighted by Gasteiger charge is 2.40. The molecule has 154 valence electrons. The maximum Gasteiger partial charge on any atom is 0.254 e. The molecule has 2 aromatic rings. The molecule has 1 saturated heterocycles. The molecule has 0 aliphatic carbocycles. The molecule has 0 bridgehead atoms. The Kier molecular flexibility index (Phi) is 6.75. The van der Waals surface area contributed by atoms with Crippen LogP contribution in [0.3, 0.4) is 0 Å². The molecule has 0 spiro atoms. The Hall–Kier alpha value is -3.02. The first kappa shape index (κ1) is 20.7. The summed E-state index contributed by atoms with van der Waals surface area (Å²) in [5.74, 6) is 0.959. The van der Waals surface area contributed by atoms with Crippen molar-refractivity contribution in [3.8, 4) is 11.5 Å². The van der Waals surface area contributed by atoms with E-state index >= 15 is 0 Å². The van der Waals surface area contributed by atoms with Gasteiger partial charge in [-0.05, 0) is 42.3 Å². The number of likely N-dealkylation sites (tertiary alicyclic amines) is 1. The van der Waals surface area contributed by atoms with Crippen LogP contribution in [0.15, 0.2) is 48.5 Å². The quantitative estimate of drug-likeness (QED) is 0.781. The van der Waals surface area contributed by atoms with Crippen molar-refractivity contribution in [1.29, 1.82) is 0 Å². The van der Waals surface area contributed by atoms with Gasteiger partial charge in [-0.2, -0.15) is 0 Å². The lowest BCUT2D eigenvalue weighted by Gasteiger charge is -2.18. The second-order valence-corrected chi connectivity index (χ2v) is 7.22. The van der Waals surface area contributed by atoms with Crippen LogP contribution in [0, 0.1) is 5.92 Å². The topological polar surface area (TPSA) is 67.9 Å². The Morgan fingerprint density at radius 3 is 2.41 bits per heavy atom. The van der Waals surface area contributed by atoms with Gasteiger partial charge in [0.25, 0.3) is 5.91 Å². The van der Waals surface area contributed by atoms with E-state index in [-0.39, 0.29) is 23.7 Å². The van der Waals surface area contributed by atoms with Crippen molar-refractivity contribution in [2.75, 3.05) is 33.9 Å². The van der Waals surface area contributed by atoms with E-state index in [0.717, 1.165) is 17.7 Å². The van der Waals surface area contributed by atoms with E-state index in [1.54, 1.807) is 37.3 Å². The van der Waals surface area contributed by atoms with Crippen LogP contribution in [0.25, 0.3) is 0 Å². The third kappa shape index (κ3) is 4.70. The molecule has 2 unspecified atom stereocenters. The average Bonchev–Trinajstić information content (AvgIpc) is 3.22. The number of benzene rings is 2. The fourth-order valence-electron chi connectivity index (χ4n) is 3.74. The number of amides is 2. The first-order valence-corrected chi connectivity index (χ1v) is 9.92. The van der Waals surface area contributed by atoms with Gasteiger partial charge in [0.2, 0.25) is 5.91 Å². The summed E-state index contributed by atoms with van der Waals surface area (Å²) in [6.45, 7) is 3.54. The molecule has 6 nitrogen and oxygen atoms in total. The van der Waals surface area contributed by atoms with E-state index in [0.29, 0.717) is 30.9 Å². The van der Waals surface area contributed by atoms with Crippen molar-refractivity contribution in [3.63, 3.8) is 0 Å². The molecule has 2 atom stereocenters. The van der Waals surface area contributed by atoms with Gasteiger partial charge in [-0.25, -0.2) is 0 Å². The highest BCUT2D eigenvalue weighted by Crippen LogP contribution is 2.34. The third-order valence-electron chi connectivity index (χ3n) is 5.35. The highest BCUT2D eigenvalue weighted by molar-refractivity contribution is 5.95. The van der Waals surface area contributed by atoms with Gasteiger partial charge in [0.1, 0.15) is 11.5 Å². The predicted octanol–water partition coefficient (Wildman–Crippen LogP) is 3.09. The lowest BCUT2D eigenvalue weighted by Crippen LogP contribution is -2.36. The van der Waals surface area contributed by atoms with Crippen molar-refractivity contribution in [3.05, 3.63) is 59.7 Å². The van der Waals surface area contributed by atoms with Crippen molar-refractivity contribution < 1.29 is 19.1 Å². The molecule has 2 amide bonds. The number of hydrogen-bond donors (Lipinski definition) is 1.